The molecule has 0 aromatic rings. The largest absolute Gasteiger partial charge is 0.463 e. The van der Waals surface area contributed by atoms with E-state index in [0.29, 0.717) is 12.8 Å². The lowest BCUT2D eigenvalue weighted by molar-refractivity contribution is -0.152. The molecule has 1 N–H and O–H groups in total. The summed E-state index contributed by atoms with van der Waals surface area (Å²) in [4.78, 5) is 23.9. The zero-order chi connectivity index (χ0) is 33.1. The summed E-state index contributed by atoms with van der Waals surface area (Å²) >= 11 is 0. The van der Waals surface area contributed by atoms with E-state index in [9.17, 15) is 14.7 Å². The van der Waals surface area contributed by atoms with Gasteiger partial charge in [-0.2, -0.15) is 0 Å². The van der Waals surface area contributed by atoms with Crippen molar-refractivity contribution in [1.29, 1.82) is 0 Å². The van der Waals surface area contributed by atoms with Gasteiger partial charge in [-0.15, -0.1) is 0 Å². The van der Waals surface area contributed by atoms with Gasteiger partial charge < -0.3 is 14.6 Å². The second-order valence-corrected chi connectivity index (χ2v) is 14.0. The van der Waals surface area contributed by atoms with E-state index in [0.717, 1.165) is 31.6 Å². The first-order valence-electron chi connectivity index (χ1n) is 20.0. The summed E-state index contributed by atoms with van der Waals surface area (Å²) in [6.07, 6.45) is 37.2. The van der Waals surface area contributed by atoms with Gasteiger partial charge >= 0.3 is 11.9 Å². The third kappa shape index (κ3) is 35.6. The average Bonchev–Trinajstić information content (AvgIpc) is 3.04. The molecule has 0 aromatic heterocycles. The third-order valence-corrected chi connectivity index (χ3v) is 9.38. The first-order chi connectivity index (χ1) is 22.0. The molecule has 0 fully saturated rings. The van der Waals surface area contributed by atoms with Gasteiger partial charge in [0.15, 0.2) is 0 Å². The molecule has 0 aliphatic rings. The van der Waals surface area contributed by atoms with Crippen LogP contribution in [0.25, 0.3) is 0 Å². The van der Waals surface area contributed by atoms with Crippen LogP contribution in [0.4, 0.5) is 0 Å². The molecule has 5 heteroatoms. The van der Waals surface area contributed by atoms with E-state index in [2.05, 4.69) is 20.8 Å². The topological polar surface area (TPSA) is 72.8 Å². The van der Waals surface area contributed by atoms with Gasteiger partial charge in [0, 0.05) is 12.8 Å². The second-order valence-electron chi connectivity index (χ2n) is 14.0. The summed E-state index contributed by atoms with van der Waals surface area (Å²) in [6, 6.07) is 0. The summed E-state index contributed by atoms with van der Waals surface area (Å²) in [5.74, 6) is 0.352. The van der Waals surface area contributed by atoms with Crippen LogP contribution in [0.1, 0.15) is 220 Å². The molecule has 0 saturated heterocycles. The Morgan fingerprint density at radius 3 is 1.07 bits per heavy atom. The number of hydrogen-bond acceptors (Lipinski definition) is 5. The average molecular weight is 639 g/mol. The maximum atomic E-state index is 12.0. The van der Waals surface area contributed by atoms with Gasteiger partial charge in [-0.1, -0.05) is 194 Å². The SMILES string of the molecule is CCCCCCCCCCCCCCCC(=O)OC[C@@H](O)COC(=O)CCCCCCCCCCCCCCCCC(C)CC. The molecule has 0 heterocycles. The van der Waals surface area contributed by atoms with Crippen LogP contribution in [0.15, 0.2) is 0 Å². The molecule has 0 aromatic carbocycles. The molecule has 0 aliphatic carbocycles. The number of carbonyl (C=O) groups is 2. The minimum absolute atomic E-state index is 0.108. The van der Waals surface area contributed by atoms with Gasteiger partial charge in [0.05, 0.1) is 0 Å². The van der Waals surface area contributed by atoms with Crippen molar-refractivity contribution in [2.75, 3.05) is 13.2 Å². The fourth-order valence-corrected chi connectivity index (χ4v) is 5.95. The van der Waals surface area contributed by atoms with Crippen LogP contribution in [-0.2, 0) is 19.1 Å². The molecule has 0 saturated carbocycles. The summed E-state index contributed by atoms with van der Waals surface area (Å²) in [5, 5.41) is 10.0. The van der Waals surface area contributed by atoms with E-state index < -0.39 is 6.10 Å². The quantitative estimate of drug-likeness (QED) is 0.0546. The van der Waals surface area contributed by atoms with Crippen LogP contribution in [0.5, 0.6) is 0 Å². The molecule has 0 rings (SSSR count). The van der Waals surface area contributed by atoms with Gasteiger partial charge in [0.25, 0.3) is 0 Å². The highest BCUT2D eigenvalue weighted by Gasteiger charge is 2.12. The van der Waals surface area contributed by atoms with Crippen molar-refractivity contribution in [1.82, 2.24) is 0 Å². The lowest BCUT2D eigenvalue weighted by atomic mass is 9.99. The zero-order valence-corrected chi connectivity index (χ0v) is 30.6. The molecule has 0 amide bonds. The van der Waals surface area contributed by atoms with Crippen molar-refractivity contribution in [3.8, 4) is 0 Å². The van der Waals surface area contributed by atoms with Gasteiger partial charge in [-0.3, -0.25) is 9.59 Å². The molecule has 5 nitrogen and oxygen atoms in total. The number of aliphatic hydroxyl groups is 1. The molecular weight excluding hydrogens is 560 g/mol. The Morgan fingerprint density at radius 1 is 0.467 bits per heavy atom. The number of rotatable bonds is 36. The Bertz CT molecular complexity index is 622. The number of carbonyl (C=O) groups excluding carboxylic acids is 2. The first-order valence-corrected chi connectivity index (χ1v) is 20.0. The van der Waals surface area contributed by atoms with E-state index in [1.807, 2.05) is 0 Å². The highest BCUT2D eigenvalue weighted by atomic mass is 16.6. The van der Waals surface area contributed by atoms with Crippen molar-refractivity contribution in [3.05, 3.63) is 0 Å². The van der Waals surface area contributed by atoms with E-state index in [1.54, 1.807) is 0 Å². The van der Waals surface area contributed by atoms with Crippen LogP contribution in [0, 0.1) is 5.92 Å². The highest BCUT2D eigenvalue weighted by Crippen LogP contribution is 2.17. The Hall–Kier alpha value is -1.10. The van der Waals surface area contributed by atoms with Crippen LogP contribution in [0.3, 0.4) is 0 Å². The van der Waals surface area contributed by atoms with Crippen LogP contribution in [0.2, 0.25) is 0 Å². The van der Waals surface area contributed by atoms with Crippen molar-refractivity contribution < 1.29 is 24.2 Å². The summed E-state index contributed by atoms with van der Waals surface area (Å²) < 4.78 is 10.3. The Balaban J connectivity index is 3.38. The Labute approximate surface area is 280 Å². The van der Waals surface area contributed by atoms with E-state index in [4.69, 9.17) is 9.47 Å². The minimum atomic E-state index is -0.955. The van der Waals surface area contributed by atoms with Crippen molar-refractivity contribution in [3.63, 3.8) is 0 Å². The number of unbranched alkanes of at least 4 members (excludes halogenated alkanes) is 25. The summed E-state index contributed by atoms with van der Waals surface area (Å²) in [7, 11) is 0. The zero-order valence-electron chi connectivity index (χ0n) is 30.6. The third-order valence-electron chi connectivity index (χ3n) is 9.38. The fraction of sp³-hybridized carbons (Fsp3) is 0.950. The number of ether oxygens (including phenoxy) is 2. The lowest BCUT2D eigenvalue weighted by Gasteiger charge is -2.12. The van der Waals surface area contributed by atoms with Crippen LogP contribution >= 0.6 is 0 Å². The normalized spacial score (nSPS) is 12.7. The molecule has 45 heavy (non-hydrogen) atoms. The molecule has 0 aliphatic heterocycles. The number of esters is 2. The first kappa shape index (κ1) is 43.9. The minimum Gasteiger partial charge on any atom is -0.463 e. The maximum absolute atomic E-state index is 12.0. The number of hydrogen-bond donors (Lipinski definition) is 1. The monoisotopic (exact) mass is 639 g/mol. The molecule has 2 atom stereocenters. The van der Waals surface area contributed by atoms with Gasteiger partial charge in [0.1, 0.15) is 19.3 Å². The molecule has 268 valence electrons. The second kappa shape index (κ2) is 35.7. The predicted molar refractivity (Wildman–Crippen MR) is 192 cm³/mol. The predicted octanol–water partition coefficient (Wildman–Crippen LogP) is 12.2. The van der Waals surface area contributed by atoms with Crippen LogP contribution < -0.4 is 0 Å². The summed E-state index contributed by atoms with van der Waals surface area (Å²) in [5.41, 5.74) is 0. The Kier molecular flexibility index (Phi) is 34.9. The molecule has 0 radical (unpaired) electrons. The van der Waals surface area contributed by atoms with Crippen molar-refractivity contribution in [2.24, 2.45) is 5.92 Å². The molecule has 0 spiro atoms. The van der Waals surface area contributed by atoms with Crippen molar-refractivity contribution >= 4 is 11.9 Å². The van der Waals surface area contributed by atoms with Crippen molar-refractivity contribution in [2.45, 2.75) is 226 Å². The van der Waals surface area contributed by atoms with Gasteiger partial charge in [0.2, 0.25) is 0 Å². The van der Waals surface area contributed by atoms with Gasteiger partial charge in [-0.25, -0.2) is 0 Å². The Morgan fingerprint density at radius 2 is 0.756 bits per heavy atom. The molecule has 0 bridgehead atoms. The summed E-state index contributed by atoms with van der Waals surface area (Å²) in [6.45, 7) is 6.71. The maximum Gasteiger partial charge on any atom is 0.305 e. The standard InChI is InChI=1S/C40H78O5/c1-4-6-7-8-9-10-11-14-18-21-24-27-30-33-39(42)44-35-38(41)36-45-40(43)34-31-28-25-22-19-16-13-12-15-17-20-23-26-29-32-37(3)5-2/h37-38,41H,4-36H2,1-3H3/t37?,38-/m1/s1. The van der Waals surface area contributed by atoms with Gasteiger partial charge in [-0.05, 0) is 18.8 Å². The van der Waals surface area contributed by atoms with E-state index in [-0.39, 0.29) is 25.2 Å². The number of aliphatic hydroxyl groups excluding tert-OH is 1. The fourth-order valence-electron chi connectivity index (χ4n) is 5.95. The van der Waals surface area contributed by atoms with Crippen LogP contribution in [-0.4, -0.2) is 36.4 Å². The van der Waals surface area contributed by atoms with E-state index >= 15 is 0 Å². The molecular formula is C40H78O5. The highest BCUT2D eigenvalue weighted by molar-refractivity contribution is 5.69. The van der Waals surface area contributed by atoms with E-state index in [1.165, 1.54) is 161 Å². The lowest BCUT2D eigenvalue weighted by Crippen LogP contribution is -2.25. The smallest absolute Gasteiger partial charge is 0.305 e. The molecule has 1 unspecified atom stereocenters.